The van der Waals surface area contributed by atoms with Gasteiger partial charge in [-0.3, -0.25) is 4.79 Å². The molecule has 4 rings (SSSR count). The van der Waals surface area contributed by atoms with Gasteiger partial charge in [-0.25, -0.2) is 9.37 Å². The maximum absolute atomic E-state index is 13.9. The number of imidazole rings is 1. The van der Waals surface area contributed by atoms with E-state index in [0.717, 1.165) is 34.6 Å². The minimum atomic E-state index is -0.367. The molecule has 0 saturated carbocycles. The molecule has 2 heterocycles. The van der Waals surface area contributed by atoms with Crippen molar-refractivity contribution in [3.63, 3.8) is 0 Å². The molecule has 0 aliphatic carbocycles. The van der Waals surface area contributed by atoms with Gasteiger partial charge < -0.3 is 9.88 Å². The average molecular weight is 409 g/mol. The van der Waals surface area contributed by atoms with E-state index in [4.69, 9.17) is 0 Å². The molecule has 6 nitrogen and oxygen atoms in total. The Labute approximate surface area is 171 Å². The summed E-state index contributed by atoms with van der Waals surface area (Å²) in [7, 11) is 0. The lowest BCUT2D eigenvalue weighted by Gasteiger charge is -2.14. The van der Waals surface area contributed by atoms with Gasteiger partial charge in [0.1, 0.15) is 11.6 Å². The van der Waals surface area contributed by atoms with E-state index in [1.165, 1.54) is 6.07 Å². The number of fused-ring (bicyclic) bond motifs is 1. The van der Waals surface area contributed by atoms with Gasteiger partial charge in [0.05, 0.1) is 17.0 Å². The van der Waals surface area contributed by atoms with Gasteiger partial charge in [-0.2, -0.15) is 0 Å². The number of halogens is 1. The maximum atomic E-state index is 13.9. The van der Waals surface area contributed by atoms with Crippen LogP contribution < -0.4 is 5.32 Å². The number of aryl methyl sites for hydroxylation is 1. The fourth-order valence-electron chi connectivity index (χ4n) is 3.20. The van der Waals surface area contributed by atoms with Crippen molar-refractivity contribution in [1.82, 2.24) is 19.7 Å². The first-order chi connectivity index (χ1) is 14.1. The van der Waals surface area contributed by atoms with E-state index in [1.807, 2.05) is 38.1 Å². The summed E-state index contributed by atoms with van der Waals surface area (Å²) in [5, 5.41) is 11.6. The number of nitrogens with zero attached hydrogens (tertiary/aromatic N) is 4. The van der Waals surface area contributed by atoms with Gasteiger partial charge in [-0.05, 0) is 24.3 Å². The van der Waals surface area contributed by atoms with Crippen LogP contribution in [0, 0.1) is 11.7 Å². The van der Waals surface area contributed by atoms with E-state index in [9.17, 15) is 9.18 Å². The Balaban J connectivity index is 1.49. The highest BCUT2D eigenvalue weighted by Crippen LogP contribution is 2.28. The number of rotatable bonds is 6. The number of carbonyl (C=O) groups excluding carboxylic acids is 1. The maximum Gasteiger partial charge on any atom is 0.230 e. The first-order valence-electron chi connectivity index (χ1n) is 9.40. The third-order valence-electron chi connectivity index (χ3n) is 4.71. The van der Waals surface area contributed by atoms with E-state index in [1.54, 1.807) is 18.2 Å². The van der Waals surface area contributed by atoms with Crippen molar-refractivity contribution in [2.45, 2.75) is 26.8 Å². The van der Waals surface area contributed by atoms with Gasteiger partial charge in [0.2, 0.25) is 11.0 Å². The Bertz CT molecular complexity index is 1170. The van der Waals surface area contributed by atoms with Crippen molar-refractivity contribution in [2.24, 2.45) is 5.92 Å². The first-order valence-corrected chi connectivity index (χ1v) is 10.2. The van der Waals surface area contributed by atoms with Crippen molar-refractivity contribution in [3.05, 3.63) is 60.2 Å². The molecule has 2 aromatic carbocycles. The fraction of sp³-hybridized carbons (Fsp3) is 0.238. The standard InChI is InChI=1S/C21H20FN5OS/c1-3-18-23-16-10-6-7-11-17(16)27(18)12-13(2)19(28)24-21-26-25-20(29-21)14-8-4-5-9-15(14)22/h4-11,13H,3,12H2,1-2H3,(H,24,26,28). The van der Waals surface area contributed by atoms with Crippen LogP contribution in [0.4, 0.5) is 9.52 Å². The van der Waals surface area contributed by atoms with Gasteiger partial charge in [-0.15, -0.1) is 10.2 Å². The van der Waals surface area contributed by atoms with Crippen LogP contribution in [0.25, 0.3) is 21.6 Å². The Morgan fingerprint density at radius 3 is 2.72 bits per heavy atom. The zero-order valence-electron chi connectivity index (χ0n) is 16.1. The zero-order valence-corrected chi connectivity index (χ0v) is 16.9. The van der Waals surface area contributed by atoms with Gasteiger partial charge >= 0.3 is 0 Å². The molecule has 0 aliphatic rings. The van der Waals surface area contributed by atoms with Crippen LogP contribution in [-0.4, -0.2) is 25.7 Å². The number of anilines is 1. The molecule has 29 heavy (non-hydrogen) atoms. The number of para-hydroxylation sites is 2. The quantitative estimate of drug-likeness (QED) is 0.508. The molecule has 0 radical (unpaired) electrons. The second-order valence-corrected chi connectivity index (χ2v) is 7.74. The highest BCUT2D eigenvalue weighted by atomic mass is 32.1. The summed E-state index contributed by atoms with van der Waals surface area (Å²) in [5.41, 5.74) is 2.31. The summed E-state index contributed by atoms with van der Waals surface area (Å²) in [4.78, 5) is 17.4. The fourth-order valence-corrected chi connectivity index (χ4v) is 3.98. The van der Waals surface area contributed by atoms with Crippen LogP contribution in [0.2, 0.25) is 0 Å². The number of benzene rings is 2. The van der Waals surface area contributed by atoms with Crippen molar-refractivity contribution in [2.75, 3.05) is 5.32 Å². The molecule has 0 fully saturated rings. The molecule has 148 valence electrons. The van der Waals surface area contributed by atoms with Crippen LogP contribution in [0.1, 0.15) is 19.7 Å². The monoisotopic (exact) mass is 409 g/mol. The Kier molecular flexibility index (Phi) is 5.35. The Morgan fingerprint density at radius 1 is 1.17 bits per heavy atom. The summed E-state index contributed by atoms with van der Waals surface area (Å²) in [5.74, 6) is 0.109. The SMILES string of the molecule is CCc1nc2ccccc2n1CC(C)C(=O)Nc1nnc(-c2ccccc2F)s1. The van der Waals surface area contributed by atoms with Crippen molar-refractivity contribution in [3.8, 4) is 10.6 Å². The van der Waals surface area contributed by atoms with Crippen LogP contribution in [-0.2, 0) is 17.8 Å². The average Bonchev–Trinajstić information content (AvgIpc) is 3.33. The Hall–Kier alpha value is -3.13. The molecule has 0 aliphatic heterocycles. The third kappa shape index (κ3) is 3.88. The van der Waals surface area contributed by atoms with Crippen LogP contribution in [0.15, 0.2) is 48.5 Å². The van der Waals surface area contributed by atoms with Gasteiger partial charge in [0.15, 0.2) is 5.01 Å². The van der Waals surface area contributed by atoms with Gasteiger partial charge in [-0.1, -0.05) is 49.4 Å². The minimum absolute atomic E-state index is 0.166. The van der Waals surface area contributed by atoms with E-state index < -0.39 is 0 Å². The predicted octanol–water partition coefficient (Wildman–Crippen LogP) is 4.53. The predicted molar refractivity (Wildman–Crippen MR) is 112 cm³/mol. The molecule has 8 heteroatoms. The minimum Gasteiger partial charge on any atom is -0.327 e. The number of aromatic nitrogens is 4. The molecule has 1 N–H and O–H groups in total. The molecule has 4 aromatic rings. The topological polar surface area (TPSA) is 72.7 Å². The molecular weight excluding hydrogens is 389 g/mol. The van der Waals surface area contributed by atoms with Crippen molar-refractivity contribution in [1.29, 1.82) is 0 Å². The first kappa shape index (κ1) is 19.2. The van der Waals surface area contributed by atoms with E-state index in [2.05, 4.69) is 25.1 Å². The summed E-state index contributed by atoms with van der Waals surface area (Å²) >= 11 is 1.15. The molecule has 2 aromatic heterocycles. The summed E-state index contributed by atoms with van der Waals surface area (Å²) < 4.78 is 16.0. The normalized spacial score (nSPS) is 12.2. The van der Waals surface area contributed by atoms with Gasteiger partial charge in [0.25, 0.3) is 0 Å². The van der Waals surface area contributed by atoms with E-state index in [0.29, 0.717) is 22.2 Å². The summed E-state index contributed by atoms with van der Waals surface area (Å²) in [6.45, 7) is 4.42. The smallest absolute Gasteiger partial charge is 0.230 e. The van der Waals surface area contributed by atoms with E-state index >= 15 is 0 Å². The van der Waals surface area contributed by atoms with Gasteiger partial charge in [0, 0.05) is 18.5 Å². The molecule has 0 bridgehead atoms. The summed E-state index contributed by atoms with van der Waals surface area (Å²) in [6.07, 6.45) is 0.783. The number of hydrogen-bond donors (Lipinski definition) is 1. The molecular formula is C21H20FN5OS. The van der Waals surface area contributed by atoms with E-state index in [-0.39, 0.29) is 17.6 Å². The van der Waals surface area contributed by atoms with Crippen LogP contribution in [0.5, 0.6) is 0 Å². The number of amides is 1. The number of hydrogen-bond acceptors (Lipinski definition) is 5. The zero-order chi connectivity index (χ0) is 20.4. The molecule has 1 atom stereocenters. The largest absolute Gasteiger partial charge is 0.327 e. The highest BCUT2D eigenvalue weighted by Gasteiger charge is 2.19. The van der Waals surface area contributed by atoms with Crippen molar-refractivity contribution >= 4 is 33.4 Å². The van der Waals surface area contributed by atoms with Crippen molar-refractivity contribution < 1.29 is 9.18 Å². The lowest BCUT2D eigenvalue weighted by molar-refractivity contribution is -0.119. The third-order valence-corrected chi connectivity index (χ3v) is 5.59. The van der Waals surface area contributed by atoms with Crippen LogP contribution >= 0.6 is 11.3 Å². The molecule has 1 amide bonds. The van der Waals surface area contributed by atoms with Crippen LogP contribution in [0.3, 0.4) is 0 Å². The highest BCUT2D eigenvalue weighted by molar-refractivity contribution is 7.18. The molecule has 1 unspecified atom stereocenters. The number of nitrogens with one attached hydrogen (secondary N) is 1. The number of carbonyl (C=O) groups is 1. The second-order valence-electron chi connectivity index (χ2n) is 6.76. The molecule has 0 spiro atoms. The Morgan fingerprint density at radius 2 is 1.93 bits per heavy atom. The molecule has 0 saturated heterocycles. The summed E-state index contributed by atoms with van der Waals surface area (Å²) in [6, 6.07) is 14.3. The lowest BCUT2D eigenvalue weighted by atomic mass is 10.1. The second kappa shape index (κ2) is 8.08. The lowest BCUT2D eigenvalue weighted by Crippen LogP contribution is -2.25.